The average molecular weight is 253 g/mol. The molecule has 2 rings (SSSR count). The molecule has 1 amide bonds. The van der Waals surface area contributed by atoms with E-state index in [2.05, 4.69) is 5.32 Å². The Morgan fingerprint density at radius 3 is 2.59 bits per heavy atom. The molecule has 0 radical (unpaired) electrons. The van der Waals surface area contributed by atoms with Crippen LogP contribution >= 0.6 is 11.3 Å². The highest BCUT2D eigenvalue weighted by Crippen LogP contribution is 2.31. The summed E-state index contributed by atoms with van der Waals surface area (Å²) in [6.07, 6.45) is 3.12. The Labute approximate surface area is 104 Å². The zero-order valence-electron chi connectivity index (χ0n) is 9.39. The van der Waals surface area contributed by atoms with Gasteiger partial charge in [-0.2, -0.15) is 11.3 Å². The van der Waals surface area contributed by atoms with E-state index in [1.807, 2.05) is 16.8 Å². The number of anilines is 1. The molecular formula is C12H15NO3S. The van der Waals surface area contributed by atoms with E-state index >= 15 is 0 Å². The predicted molar refractivity (Wildman–Crippen MR) is 66.0 cm³/mol. The minimum Gasteiger partial charge on any atom is -0.481 e. The van der Waals surface area contributed by atoms with Crippen molar-refractivity contribution in [2.24, 2.45) is 11.8 Å². The summed E-state index contributed by atoms with van der Waals surface area (Å²) in [6.45, 7) is 0. The van der Waals surface area contributed by atoms with Crippen molar-refractivity contribution in [2.45, 2.75) is 25.7 Å². The summed E-state index contributed by atoms with van der Waals surface area (Å²) in [4.78, 5) is 23.1. The van der Waals surface area contributed by atoms with Gasteiger partial charge in [-0.15, -0.1) is 0 Å². The van der Waals surface area contributed by atoms with Gasteiger partial charge in [-0.1, -0.05) is 12.8 Å². The van der Waals surface area contributed by atoms with Crippen LogP contribution in [0.1, 0.15) is 25.7 Å². The maximum atomic E-state index is 12.0. The highest BCUT2D eigenvalue weighted by molar-refractivity contribution is 7.08. The van der Waals surface area contributed by atoms with Crippen LogP contribution in [0.25, 0.3) is 0 Å². The lowest BCUT2D eigenvalue weighted by atomic mass is 9.78. The Kier molecular flexibility index (Phi) is 3.78. The van der Waals surface area contributed by atoms with Crippen LogP contribution in [-0.4, -0.2) is 17.0 Å². The third-order valence-corrected chi connectivity index (χ3v) is 3.89. The summed E-state index contributed by atoms with van der Waals surface area (Å²) in [5.74, 6) is -1.92. The first kappa shape index (κ1) is 12.1. The normalized spacial score (nSPS) is 24.2. The highest BCUT2D eigenvalue weighted by Gasteiger charge is 2.35. The van der Waals surface area contributed by atoms with Crippen LogP contribution < -0.4 is 5.32 Å². The second-order valence-electron chi connectivity index (χ2n) is 4.34. The van der Waals surface area contributed by atoms with E-state index in [-0.39, 0.29) is 11.8 Å². The van der Waals surface area contributed by atoms with E-state index in [0.717, 1.165) is 18.5 Å². The number of thiophene rings is 1. The summed E-state index contributed by atoms with van der Waals surface area (Å²) in [5, 5.41) is 15.6. The number of carbonyl (C=O) groups excluding carboxylic acids is 1. The zero-order chi connectivity index (χ0) is 12.3. The van der Waals surface area contributed by atoms with Crippen molar-refractivity contribution in [3.63, 3.8) is 0 Å². The Morgan fingerprint density at radius 2 is 2.00 bits per heavy atom. The molecular weight excluding hydrogens is 238 g/mol. The van der Waals surface area contributed by atoms with Crippen LogP contribution in [0.3, 0.4) is 0 Å². The maximum absolute atomic E-state index is 12.0. The number of hydrogen-bond acceptors (Lipinski definition) is 3. The van der Waals surface area contributed by atoms with E-state index in [0.29, 0.717) is 12.8 Å². The van der Waals surface area contributed by atoms with E-state index in [9.17, 15) is 9.59 Å². The van der Waals surface area contributed by atoms with Crippen molar-refractivity contribution in [3.8, 4) is 0 Å². The van der Waals surface area contributed by atoms with Crippen LogP contribution in [0.2, 0.25) is 0 Å². The Morgan fingerprint density at radius 1 is 1.29 bits per heavy atom. The van der Waals surface area contributed by atoms with Crippen molar-refractivity contribution < 1.29 is 14.7 Å². The fourth-order valence-electron chi connectivity index (χ4n) is 2.31. The van der Waals surface area contributed by atoms with Gasteiger partial charge in [0.05, 0.1) is 17.5 Å². The van der Waals surface area contributed by atoms with Crippen LogP contribution in [0.4, 0.5) is 5.69 Å². The van der Waals surface area contributed by atoms with Gasteiger partial charge in [0.1, 0.15) is 0 Å². The Bertz CT molecular complexity index is 402. The molecule has 1 aromatic rings. The molecule has 5 heteroatoms. The van der Waals surface area contributed by atoms with Crippen molar-refractivity contribution in [1.29, 1.82) is 0 Å². The van der Waals surface area contributed by atoms with E-state index in [1.165, 1.54) is 11.3 Å². The molecule has 0 aromatic carbocycles. The molecule has 17 heavy (non-hydrogen) atoms. The number of amides is 1. The third-order valence-electron chi connectivity index (χ3n) is 3.21. The molecule has 1 fully saturated rings. The van der Waals surface area contributed by atoms with Gasteiger partial charge in [0.2, 0.25) is 5.91 Å². The maximum Gasteiger partial charge on any atom is 0.307 e. The minimum absolute atomic E-state index is 0.157. The number of carboxylic acids is 1. The Balaban J connectivity index is 2.03. The summed E-state index contributed by atoms with van der Waals surface area (Å²) >= 11 is 1.50. The van der Waals surface area contributed by atoms with Crippen LogP contribution in [0, 0.1) is 11.8 Å². The van der Waals surface area contributed by atoms with Gasteiger partial charge in [0.15, 0.2) is 0 Å². The predicted octanol–water partition coefficient (Wildman–Crippen LogP) is 2.58. The number of rotatable bonds is 3. The van der Waals surface area contributed by atoms with Crippen molar-refractivity contribution in [1.82, 2.24) is 0 Å². The van der Waals surface area contributed by atoms with Gasteiger partial charge < -0.3 is 10.4 Å². The van der Waals surface area contributed by atoms with Gasteiger partial charge >= 0.3 is 5.97 Å². The van der Waals surface area contributed by atoms with Gasteiger partial charge in [-0.05, 0) is 24.3 Å². The molecule has 2 atom stereocenters. The molecule has 1 saturated carbocycles. The topological polar surface area (TPSA) is 66.4 Å². The lowest BCUT2D eigenvalue weighted by Gasteiger charge is -2.27. The van der Waals surface area contributed by atoms with Gasteiger partial charge in [0.25, 0.3) is 0 Å². The first-order valence-electron chi connectivity index (χ1n) is 5.74. The van der Waals surface area contributed by atoms with Crippen molar-refractivity contribution in [2.75, 3.05) is 5.32 Å². The molecule has 0 saturated heterocycles. The SMILES string of the molecule is O=C(O)C1CCCCC1C(=O)Nc1ccsc1. The van der Waals surface area contributed by atoms with Crippen LogP contribution in [-0.2, 0) is 9.59 Å². The van der Waals surface area contributed by atoms with E-state index < -0.39 is 11.9 Å². The Hall–Kier alpha value is -1.36. The summed E-state index contributed by atoms with van der Waals surface area (Å²) in [6, 6.07) is 1.82. The number of carboxylic acid groups (broad SMARTS) is 1. The molecule has 2 unspecified atom stereocenters. The summed E-state index contributed by atoms with van der Waals surface area (Å²) in [5.41, 5.74) is 0.759. The molecule has 1 aliphatic rings. The number of hydrogen-bond donors (Lipinski definition) is 2. The van der Waals surface area contributed by atoms with Crippen LogP contribution in [0.15, 0.2) is 16.8 Å². The quantitative estimate of drug-likeness (QED) is 0.870. The minimum atomic E-state index is -0.852. The monoisotopic (exact) mass is 253 g/mol. The average Bonchev–Trinajstić information content (AvgIpc) is 2.81. The number of nitrogens with one attached hydrogen (secondary N) is 1. The first-order valence-corrected chi connectivity index (χ1v) is 6.68. The standard InChI is InChI=1S/C12H15NO3S/c14-11(13-8-5-6-17-7-8)9-3-1-2-4-10(9)12(15)16/h5-7,9-10H,1-4H2,(H,13,14)(H,15,16). The fraction of sp³-hybridized carbons (Fsp3) is 0.500. The van der Waals surface area contributed by atoms with Crippen LogP contribution in [0.5, 0.6) is 0 Å². The number of aliphatic carboxylic acids is 1. The fourth-order valence-corrected chi connectivity index (χ4v) is 2.90. The van der Waals surface area contributed by atoms with Gasteiger partial charge in [0, 0.05) is 5.38 Å². The molecule has 0 spiro atoms. The molecule has 2 N–H and O–H groups in total. The zero-order valence-corrected chi connectivity index (χ0v) is 10.2. The van der Waals surface area contributed by atoms with Crippen molar-refractivity contribution >= 4 is 28.9 Å². The van der Waals surface area contributed by atoms with Gasteiger partial charge in [-0.3, -0.25) is 9.59 Å². The number of carbonyl (C=O) groups is 2. The smallest absolute Gasteiger partial charge is 0.307 e. The van der Waals surface area contributed by atoms with Gasteiger partial charge in [-0.25, -0.2) is 0 Å². The summed E-state index contributed by atoms with van der Waals surface area (Å²) in [7, 11) is 0. The largest absolute Gasteiger partial charge is 0.481 e. The first-order chi connectivity index (χ1) is 8.18. The molecule has 92 valence electrons. The highest BCUT2D eigenvalue weighted by atomic mass is 32.1. The summed E-state index contributed by atoms with van der Waals surface area (Å²) < 4.78 is 0. The lowest BCUT2D eigenvalue weighted by Crippen LogP contribution is -2.35. The van der Waals surface area contributed by atoms with E-state index in [1.54, 1.807) is 0 Å². The van der Waals surface area contributed by atoms with Crippen molar-refractivity contribution in [3.05, 3.63) is 16.8 Å². The van der Waals surface area contributed by atoms with E-state index in [4.69, 9.17) is 5.11 Å². The second-order valence-corrected chi connectivity index (χ2v) is 5.12. The molecule has 1 aliphatic carbocycles. The molecule has 1 aromatic heterocycles. The molecule has 4 nitrogen and oxygen atoms in total. The molecule has 0 aliphatic heterocycles. The lowest BCUT2D eigenvalue weighted by molar-refractivity contribution is -0.147. The third kappa shape index (κ3) is 2.85. The second kappa shape index (κ2) is 5.31. The molecule has 1 heterocycles. The molecule has 0 bridgehead atoms.